The van der Waals surface area contributed by atoms with Crippen molar-refractivity contribution in [3.63, 3.8) is 0 Å². The number of aryl methyl sites for hydroxylation is 1. The Morgan fingerprint density at radius 2 is 1.76 bits per heavy atom. The number of imidazole rings is 1. The van der Waals surface area contributed by atoms with Crippen LogP contribution in [0, 0.1) is 0 Å². The number of nitrogens with zero attached hydrogens (tertiary/aromatic N) is 2. The van der Waals surface area contributed by atoms with E-state index < -0.39 is 17.3 Å². The van der Waals surface area contributed by atoms with Crippen molar-refractivity contribution in [3.8, 4) is 0 Å². The molecular weight excluding hydrogens is 229 g/mol. The van der Waals surface area contributed by atoms with Gasteiger partial charge in [0, 0.05) is 18.4 Å². The molecule has 2 rings (SSSR count). The highest BCUT2D eigenvalue weighted by molar-refractivity contribution is 5.27. The zero-order valence-corrected chi connectivity index (χ0v) is 10.4. The molecule has 17 heavy (non-hydrogen) atoms. The van der Waals surface area contributed by atoms with Gasteiger partial charge in [0.25, 0.3) is 0 Å². The Morgan fingerprint density at radius 1 is 1.12 bits per heavy atom. The molecule has 0 saturated heterocycles. The van der Waals surface area contributed by atoms with E-state index in [0.29, 0.717) is 24.5 Å². The molecule has 1 aromatic heterocycles. The van der Waals surface area contributed by atoms with E-state index >= 15 is 0 Å². The third kappa shape index (κ3) is 2.19. The van der Waals surface area contributed by atoms with E-state index in [-0.39, 0.29) is 0 Å². The van der Waals surface area contributed by atoms with Gasteiger partial charge in [-0.25, -0.2) is 4.98 Å². The van der Waals surface area contributed by atoms with Crippen molar-refractivity contribution < 1.29 is 13.2 Å². The molecule has 0 unspecified atom stereocenters. The van der Waals surface area contributed by atoms with Crippen LogP contribution in [0.5, 0.6) is 0 Å². The summed E-state index contributed by atoms with van der Waals surface area (Å²) in [5.74, 6) is 0.591. The molecule has 2 heterocycles. The monoisotopic (exact) mass is 246 g/mol. The van der Waals surface area contributed by atoms with E-state index in [2.05, 4.69) is 4.98 Å². The predicted octanol–water partition coefficient (Wildman–Crippen LogP) is 3.54. The predicted molar refractivity (Wildman–Crippen MR) is 58.9 cm³/mol. The molecule has 5 heteroatoms. The molecule has 0 fully saturated rings. The first-order valence-corrected chi connectivity index (χ1v) is 5.88. The van der Waals surface area contributed by atoms with Crippen LogP contribution in [0.3, 0.4) is 0 Å². The number of hydrogen-bond donors (Lipinski definition) is 0. The summed E-state index contributed by atoms with van der Waals surface area (Å²) >= 11 is 0. The highest BCUT2D eigenvalue weighted by Crippen LogP contribution is 2.38. The molecular formula is C12H17F3N2. The van der Waals surface area contributed by atoms with Gasteiger partial charge in [-0.05, 0) is 12.8 Å². The number of hydrogen-bond acceptors (Lipinski definition) is 1. The van der Waals surface area contributed by atoms with E-state index in [1.165, 1.54) is 0 Å². The summed E-state index contributed by atoms with van der Waals surface area (Å²) in [6.45, 7) is 6.08. The highest BCUT2D eigenvalue weighted by atomic mass is 19.4. The van der Waals surface area contributed by atoms with Gasteiger partial charge in [-0.3, -0.25) is 0 Å². The average molecular weight is 246 g/mol. The molecule has 1 aromatic rings. The van der Waals surface area contributed by atoms with Crippen LogP contribution < -0.4 is 0 Å². The van der Waals surface area contributed by atoms with Crippen molar-refractivity contribution in [3.05, 3.63) is 17.2 Å². The van der Waals surface area contributed by atoms with E-state index in [4.69, 9.17) is 0 Å². The van der Waals surface area contributed by atoms with Gasteiger partial charge in [-0.15, -0.1) is 0 Å². The Kier molecular flexibility index (Phi) is 2.75. The molecule has 0 N–H and O–H groups in total. The van der Waals surface area contributed by atoms with Crippen molar-refractivity contribution in [1.29, 1.82) is 0 Å². The summed E-state index contributed by atoms with van der Waals surface area (Å²) in [7, 11) is 0. The quantitative estimate of drug-likeness (QED) is 0.684. The van der Waals surface area contributed by atoms with E-state index in [1.54, 1.807) is 25.3 Å². The zero-order valence-electron chi connectivity index (χ0n) is 10.4. The molecule has 0 saturated carbocycles. The van der Waals surface area contributed by atoms with Crippen molar-refractivity contribution in [2.75, 3.05) is 0 Å². The molecule has 2 nitrogen and oxygen atoms in total. The Bertz CT molecular complexity index is 424. The Balaban J connectivity index is 2.64. The summed E-state index contributed by atoms with van der Waals surface area (Å²) in [5, 5.41) is 0. The Labute approximate surface area is 98.8 Å². The first-order chi connectivity index (χ1) is 7.71. The van der Waals surface area contributed by atoms with Gasteiger partial charge in [0.05, 0.1) is 5.69 Å². The number of alkyl halides is 3. The minimum atomic E-state index is -4.35. The fourth-order valence-electron chi connectivity index (χ4n) is 2.44. The SMILES string of the molecule is CC(C)(C)c1c(C(F)(F)F)nc2n1CCCC2. The van der Waals surface area contributed by atoms with Gasteiger partial charge >= 0.3 is 6.18 Å². The maximum Gasteiger partial charge on any atom is 0.435 e. The van der Waals surface area contributed by atoms with Crippen LogP contribution >= 0.6 is 0 Å². The third-order valence-corrected chi connectivity index (χ3v) is 3.06. The second kappa shape index (κ2) is 3.75. The van der Waals surface area contributed by atoms with Crippen LogP contribution in [-0.4, -0.2) is 9.55 Å². The summed E-state index contributed by atoms with van der Waals surface area (Å²) < 4.78 is 40.7. The topological polar surface area (TPSA) is 17.8 Å². The third-order valence-electron chi connectivity index (χ3n) is 3.06. The smallest absolute Gasteiger partial charge is 0.331 e. The van der Waals surface area contributed by atoms with Crippen molar-refractivity contribution in [2.45, 2.75) is 58.2 Å². The largest absolute Gasteiger partial charge is 0.435 e. The second-order valence-corrected chi connectivity index (χ2v) is 5.58. The lowest BCUT2D eigenvalue weighted by Crippen LogP contribution is -2.24. The Hall–Kier alpha value is -1.00. The lowest BCUT2D eigenvalue weighted by Gasteiger charge is -2.25. The normalized spacial score (nSPS) is 17.1. The molecule has 96 valence electrons. The number of halogens is 3. The molecule has 0 aromatic carbocycles. The van der Waals surface area contributed by atoms with Crippen LogP contribution in [-0.2, 0) is 24.6 Å². The van der Waals surface area contributed by atoms with Crippen molar-refractivity contribution in [1.82, 2.24) is 9.55 Å². The maximum absolute atomic E-state index is 13.0. The molecule has 0 radical (unpaired) electrons. The lowest BCUT2D eigenvalue weighted by molar-refractivity contribution is -0.142. The first kappa shape index (κ1) is 12.5. The summed E-state index contributed by atoms with van der Waals surface area (Å²) in [5.41, 5.74) is -0.894. The molecule has 0 atom stereocenters. The summed E-state index contributed by atoms with van der Waals surface area (Å²) in [4.78, 5) is 3.83. The van der Waals surface area contributed by atoms with Crippen LogP contribution in [0.15, 0.2) is 0 Å². The van der Waals surface area contributed by atoms with Crippen LogP contribution in [0.1, 0.15) is 50.8 Å². The maximum atomic E-state index is 13.0. The average Bonchev–Trinajstić information content (AvgIpc) is 2.54. The van der Waals surface area contributed by atoms with Gasteiger partial charge in [0.1, 0.15) is 5.82 Å². The lowest BCUT2D eigenvalue weighted by atomic mass is 9.90. The van der Waals surface area contributed by atoms with Crippen LogP contribution in [0.4, 0.5) is 13.2 Å². The number of aromatic nitrogens is 2. The van der Waals surface area contributed by atoms with E-state index in [9.17, 15) is 13.2 Å². The van der Waals surface area contributed by atoms with Gasteiger partial charge in [0.2, 0.25) is 0 Å². The standard InChI is InChI=1S/C12H17F3N2/c1-11(2,3)10-9(12(13,14)15)16-8-6-4-5-7-17(8)10/h4-7H2,1-3H3. The molecule has 0 spiro atoms. The zero-order chi connectivity index (χ0) is 12.8. The summed E-state index contributed by atoms with van der Waals surface area (Å²) in [6.07, 6.45) is -1.84. The molecule has 0 amide bonds. The van der Waals surface area contributed by atoms with Gasteiger partial charge in [-0.1, -0.05) is 20.8 Å². The van der Waals surface area contributed by atoms with Crippen LogP contribution in [0.25, 0.3) is 0 Å². The van der Waals surface area contributed by atoms with Gasteiger partial charge in [-0.2, -0.15) is 13.2 Å². The molecule has 0 bridgehead atoms. The fraction of sp³-hybridized carbons (Fsp3) is 0.750. The minimum absolute atomic E-state index is 0.333. The fourth-order valence-corrected chi connectivity index (χ4v) is 2.44. The van der Waals surface area contributed by atoms with Gasteiger partial charge < -0.3 is 4.57 Å². The molecule has 1 aliphatic rings. The summed E-state index contributed by atoms with van der Waals surface area (Å²) in [6, 6.07) is 0. The van der Waals surface area contributed by atoms with Crippen molar-refractivity contribution >= 4 is 0 Å². The number of rotatable bonds is 0. The second-order valence-electron chi connectivity index (χ2n) is 5.58. The number of fused-ring (bicyclic) bond motifs is 1. The Morgan fingerprint density at radius 3 is 2.29 bits per heavy atom. The molecule has 0 aliphatic carbocycles. The van der Waals surface area contributed by atoms with E-state index in [0.717, 1.165) is 12.8 Å². The first-order valence-electron chi connectivity index (χ1n) is 5.88. The van der Waals surface area contributed by atoms with Crippen molar-refractivity contribution in [2.24, 2.45) is 0 Å². The van der Waals surface area contributed by atoms with Crippen LogP contribution in [0.2, 0.25) is 0 Å². The highest BCUT2D eigenvalue weighted by Gasteiger charge is 2.42. The molecule has 1 aliphatic heterocycles. The van der Waals surface area contributed by atoms with E-state index in [1.807, 2.05) is 0 Å². The van der Waals surface area contributed by atoms with Gasteiger partial charge in [0.15, 0.2) is 5.69 Å². The minimum Gasteiger partial charge on any atom is -0.331 e.